The lowest BCUT2D eigenvalue weighted by molar-refractivity contribution is -0.145. The maximum absolute atomic E-state index is 11.6. The number of esters is 1. The Balaban J connectivity index is 3.18. The van der Waals surface area contributed by atoms with Crippen LogP contribution < -0.4 is 10.0 Å². The van der Waals surface area contributed by atoms with E-state index in [2.05, 4.69) is 9.72 Å². The molecule has 0 saturated carbocycles. The molecule has 0 saturated heterocycles. The number of aromatic nitrogens is 1. The van der Waals surface area contributed by atoms with Crippen molar-refractivity contribution in [1.29, 1.82) is 0 Å². The summed E-state index contributed by atoms with van der Waals surface area (Å²) in [6.45, 7) is 2.95. The lowest BCUT2D eigenvalue weighted by Gasteiger charge is -2.32. The molecule has 17 heavy (non-hydrogen) atoms. The minimum atomic E-state index is -2.39. The summed E-state index contributed by atoms with van der Waals surface area (Å²) >= 11 is -1.37. The van der Waals surface area contributed by atoms with E-state index in [1.54, 1.807) is 0 Å². The quantitative estimate of drug-likeness (QED) is 0.618. The monoisotopic (exact) mass is 279 g/mol. The zero-order chi connectivity index (χ0) is 13.2. The highest BCUT2D eigenvalue weighted by Gasteiger charge is 2.40. The average molecular weight is 279 g/mol. The normalized spacial score (nSPS) is 13.2. The van der Waals surface area contributed by atoms with E-state index >= 15 is 0 Å². The first kappa shape index (κ1) is 13.9. The van der Waals surface area contributed by atoms with Crippen LogP contribution in [0, 0.1) is 0 Å². The van der Waals surface area contributed by atoms with Crippen molar-refractivity contribution in [3.63, 3.8) is 0 Å². The van der Waals surface area contributed by atoms with E-state index in [1.807, 2.05) is 0 Å². The molecule has 0 aliphatic rings. The molecular weight excluding hydrogens is 266 g/mol. The molecule has 3 N–H and O–H groups in total. The van der Waals surface area contributed by atoms with Crippen molar-refractivity contribution in [2.24, 2.45) is 0 Å². The van der Waals surface area contributed by atoms with Gasteiger partial charge in [0.25, 0.3) is 11.3 Å². The molecule has 1 rings (SSSR count). The third kappa shape index (κ3) is 2.73. The van der Waals surface area contributed by atoms with Crippen molar-refractivity contribution < 1.29 is 18.3 Å². The summed E-state index contributed by atoms with van der Waals surface area (Å²) in [5.41, 5.74) is 4.15. The first-order valence-electron chi connectivity index (χ1n) is 4.51. The molecule has 0 aromatic carbocycles. The van der Waals surface area contributed by atoms with E-state index < -0.39 is 22.8 Å². The first-order chi connectivity index (χ1) is 7.80. The molecule has 0 aliphatic carbocycles. The van der Waals surface area contributed by atoms with E-state index in [-0.39, 0.29) is 5.13 Å². The van der Waals surface area contributed by atoms with Crippen LogP contribution in [0.4, 0.5) is 10.1 Å². The van der Waals surface area contributed by atoms with Crippen LogP contribution in [0.25, 0.3) is 0 Å². The summed E-state index contributed by atoms with van der Waals surface area (Å²) in [7, 11) is 1.21. The van der Waals surface area contributed by atoms with Gasteiger partial charge in [0.05, 0.1) is 13.3 Å². The molecule has 0 radical (unpaired) electrons. The van der Waals surface area contributed by atoms with Crippen LogP contribution in [0.1, 0.15) is 13.8 Å². The Morgan fingerprint density at radius 2 is 2.29 bits per heavy atom. The number of nitrogens with zero attached hydrogens (tertiary/aromatic N) is 2. The van der Waals surface area contributed by atoms with Gasteiger partial charge in [0.2, 0.25) is 0 Å². The Kier molecular flexibility index (Phi) is 4.07. The number of carbonyl (C=O) groups is 1. The number of rotatable bonds is 4. The number of nitrogen functional groups attached to an aromatic ring is 1. The Labute approximate surface area is 105 Å². The van der Waals surface area contributed by atoms with E-state index in [9.17, 15) is 13.6 Å². The van der Waals surface area contributed by atoms with Gasteiger partial charge in [0, 0.05) is 0 Å². The summed E-state index contributed by atoms with van der Waals surface area (Å²) in [4.78, 5) is 15.4. The van der Waals surface area contributed by atoms with Crippen LogP contribution in [0.15, 0.2) is 6.20 Å². The second-order valence-electron chi connectivity index (χ2n) is 3.61. The van der Waals surface area contributed by atoms with Gasteiger partial charge < -0.3 is 10.5 Å². The Bertz CT molecular complexity index is 446. The number of anilines is 2. The van der Waals surface area contributed by atoms with Gasteiger partial charge >= 0.3 is 5.97 Å². The van der Waals surface area contributed by atoms with Crippen molar-refractivity contribution >= 4 is 38.7 Å². The number of nitrogens with two attached hydrogens (primary N) is 1. The first-order valence-corrected chi connectivity index (χ1v) is 6.39. The van der Waals surface area contributed by atoms with E-state index in [0.29, 0.717) is 5.00 Å². The van der Waals surface area contributed by atoms with Crippen LogP contribution in [-0.2, 0) is 20.8 Å². The highest BCUT2D eigenvalue weighted by atomic mass is 32.2. The molecule has 9 heteroatoms. The van der Waals surface area contributed by atoms with Crippen molar-refractivity contribution in [3.8, 4) is 0 Å². The van der Waals surface area contributed by atoms with Crippen LogP contribution in [0.2, 0.25) is 0 Å². The van der Waals surface area contributed by atoms with Crippen LogP contribution in [-0.4, -0.2) is 32.4 Å². The molecular formula is C8H13N3O4S2. The Morgan fingerprint density at radius 3 is 2.65 bits per heavy atom. The standard InChI is InChI=1S/C8H13N3O4S2/c1-8(2,6(12)15-3)11(17(13)14)5-4-10-7(9)16-5/h4H,1-3H3,(H2,9,10)(H,13,14). The predicted octanol–water partition coefficient (Wildman–Crippen LogP) is 0.620. The molecule has 0 spiro atoms. The SMILES string of the molecule is COC(=O)C(C)(C)N(c1cnc(N)s1)S(=O)O. The number of ether oxygens (including phenoxy) is 1. The minimum absolute atomic E-state index is 0.246. The molecule has 0 amide bonds. The fourth-order valence-corrected chi connectivity index (χ4v) is 2.96. The van der Waals surface area contributed by atoms with Gasteiger partial charge in [-0.25, -0.2) is 18.3 Å². The van der Waals surface area contributed by atoms with E-state index in [4.69, 9.17) is 5.73 Å². The molecule has 0 aliphatic heterocycles. The van der Waals surface area contributed by atoms with E-state index in [1.165, 1.54) is 27.2 Å². The molecule has 1 aromatic rings. The van der Waals surface area contributed by atoms with Crippen molar-refractivity contribution in [2.45, 2.75) is 19.4 Å². The third-order valence-corrected chi connectivity index (χ3v) is 3.95. The molecule has 0 bridgehead atoms. The minimum Gasteiger partial charge on any atom is -0.467 e. The van der Waals surface area contributed by atoms with Crippen molar-refractivity contribution in [2.75, 3.05) is 17.1 Å². The summed E-state index contributed by atoms with van der Waals surface area (Å²) in [5.74, 6) is -0.633. The molecule has 96 valence electrons. The maximum atomic E-state index is 11.6. The van der Waals surface area contributed by atoms with Crippen LogP contribution >= 0.6 is 11.3 Å². The molecule has 1 heterocycles. The third-order valence-electron chi connectivity index (χ3n) is 2.06. The number of methoxy groups -OCH3 is 1. The lowest BCUT2D eigenvalue weighted by atomic mass is 10.1. The van der Waals surface area contributed by atoms with Gasteiger partial charge in [-0.3, -0.25) is 4.55 Å². The largest absolute Gasteiger partial charge is 0.467 e. The number of hydrogen-bond donors (Lipinski definition) is 2. The highest BCUT2D eigenvalue weighted by Crippen LogP contribution is 2.32. The molecule has 1 unspecified atom stereocenters. The topological polar surface area (TPSA) is 106 Å². The van der Waals surface area contributed by atoms with Gasteiger partial charge in [-0.2, -0.15) is 0 Å². The second kappa shape index (κ2) is 4.98. The van der Waals surface area contributed by atoms with Crippen molar-refractivity contribution in [3.05, 3.63) is 6.20 Å². The molecule has 1 atom stereocenters. The smallest absolute Gasteiger partial charge is 0.332 e. The fourth-order valence-electron chi connectivity index (χ4n) is 1.25. The van der Waals surface area contributed by atoms with Crippen LogP contribution in [0.3, 0.4) is 0 Å². The molecule has 7 nitrogen and oxygen atoms in total. The summed E-state index contributed by atoms with van der Waals surface area (Å²) < 4.78 is 26.2. The average Bonchev–Trinajstić information content (AvgIpc) is 2.62. The number of hydrogen-bond acceptors (Lipinski definition) is 6. The van der Waals surface area contributed by atoms with Gasteiger partial charge in [-0.15, -0.1) is 0 Å². The number of carbonyl (C=O) groups excluding carboxylic acids is 1. The summed E-state index contributed by atoms with van der Waals surface area (Å²) in [6, 6.07) is 0. The zero-order valence-electron chi connectivity index (χ0n) is 9.54. The number of thiazole rings is 1. The summed E-state index contributed by atoms with van der Waals surface area (Å²) in [6.07, 6.45) is 1.33. The van der Waals surface area contributed by atoms with Crippen molar-refractivity contribution in [1.82, 2.24) is 4.98 Å². The summed E-state index contributed by atoms with van der Waals surface area (Å²) in [5, 5.41) is 0.565. The van der Waals surface area contributed by atoms with Gasteiger partial charge in [-0.1, -0.05) is 11.3 Å². The second-order valence-corrected chi connectivity index (χ2v) is 5.48. The van der Waals surface area contributed by atoms with E-state index in [0.717, 1.165) is 15.6 Å². The fraction of sp³-hybridized carbons (Fsp3) is 0.500. The zero-order valence-corrected chi connectivity index (χ0v) is 11.2. The van der Waals surface area contributed by atoms with Gasteiger partial charge in [0.15, 0.2) is 5.13 Å². The molecule has 1 aromatic heterocycles. The molecule has 0 fully saturated rings. The van der Waals surface area contributed by atoms with Crippen LogP contribution in [0.5, 0.6) is 0 Å². The Hall–Kier alpha value is -1.19. The highest BCUT2D eigenvalue weighted by molar-refractivity contribution is 7.81. The van der Waals surface area contributed by atoms with Gasteiger partial charge in [-0.05, 0) is 13.8 Å². The maximum Gasteiger partial charge on any atom is 0.332 e. The predicted molar refractivity (Wildman–Crippen MR) is 65.9 cm³/mol. The Morgan fingerprint density at radius 1 is 1.71 bits per heavy atom. The van der Waals surface area contributed by atoms with Gasteiger partial charge in [0.1, 0.15) is 10.5 Å². The lowest BCUT2D eigenvalue weighted by Crippen LogP contribution is -2.51.